The maximum Gasteiger partial charge on any atom is 0.337 e. The number of ether oxygens (including phenoxy) is 1. The topological polar surface area (TPSA) is 87.7 Å². The van der Waals surface area contributed by atoms with Crippen LogP contribution in [0.5, 0.6) is 5.75 Å². The minimum atomic E-state index is -0.697. The molecule has 1 aromatic rings. The molecule has 3 N–H and O–H groups in total. The first-order valence-corrected chi connectivity index (χ1v) is 6.58. The van der Waals surface area contributed by atoms with E-state index >= 15 is 0 Å². The highest BCUT2D eigenvalue weighted by Gasteiger charge is 2.33. The Morgan fingerprint density at radius 2 is 2.15 bits per heavy atom. The number of amides is 2. The lowest BCUT2D eigenvalue weighted by Crippen LogP contribution is -2.45. The van der Waals surface area contributed by atoms with E-state index in [-0.39, 0.29) is 5.75 Å². The van der Waals surface area contributed by atoms with Crippen LogP contribution in [0, 0.1) is 0 Å². The molecule has 7 heteroatoms. The van der Waals surface area contributed by atoms with Crippen LogP contribution in [-0.2, 0) is 9.53 Å². The molecule has 1 atom stereocenters. The number of allylic oxidation sites excluding steroid dienone is 1. The number of rotatable bonds is 2. The van der Waals surface area contributed by atoms with Gasteiger partial charge >= 0.3 is 12.0 Å². The van der Waals surface area contributed by atoms with Crippen molar-refractivity contribution in [2.24, 2.45) is 0 Å². The van der Waals surface area contributed by atoms with E-state index in [4.69, 9.17) is 4.74 Å². The van der Waals surface area contributed by atoms with E-state index in [1.807, 2.05) is 0 Å². The molecule has 0 saturated heterocycles. The van der Waals surface area contributed by atoms with Crippen LogP contribution in [0.2, 0.25) is 0 Å². The molecule has 0 unspecified atom stereocenters. The number of nitrogens with one attached hydrogen (secondary N) is 2. The fraction of sp³-hybridized carbons (Fsp3) is 0.231. The highest BCUT2D eigenvalue weighted by molar-refractivity contribution is 9.10. The van der Waals surface area contributed by atoms with Crippen LogP contribution in [0.1, 0.15) is 18.5 Å². The summed E-state index contributed by atoms with van der Waals surface area (Å²) in [5.74, 6) is -0.506. The number of phenols is 1. The normalized spacial score (nSPS) is 18.4. The van der Waals surface area contributed by atoms with Crippen LogP contribution >= 0.6 is 15.9 Å². The first-order valence-electron chi connectivity index (χ1n) is 5.79. The molecule has 2 amide bonds. The molecule has 1 aliphatic heterocycles. The Labute approximate surface area is 123 Å². The maximum absolute atomic E-state index is 11.9. The number of methoxy groups -OCH3 is 1. The standard InChI is InChI=1S/C13H13BrN2O4/c1-6-10(12(18)20-2)11(16-13(19)15-6)8-5-7(17)3-4-9(8)14/h3-5,11,17H,1-2H3,(H2,15,16,19)/t11-/m0/s1. The number of phenolic OH excluding ortho intramolecular Hbond substituents is 1. The van der Waals surface area contributed by atoms with E-state index in [0.29, 0.717) is 21.3 Å². The number of esters is 1. The number of benzene rings is 1. The average Bonchev–Trinajstić information content (AvgIpc) is 2.40. The molecule has 0 fully saturated rings. The zero-order valence-corrected chi connectivity index (χ0v) is 12.4. The summed E-state index contributed by atoms with van der Waals surface area (Å²) in [6.07, 6.45) is 0. The highest BCUT2D eigenvalue weighted by atomic mass is 79.9. The number of carbonyl (C=O) groups excluding carboxylic acids is 2. The lowest BCUT2D eigenvalue weighted by atomic mass is 9.95. The summed E-state index contributed by atoms with van der Waals surface area (Å²) in [4.78, 5) is 23.5. The summed E-state index contributed by atoms with van der Waals surface area (Å²) >= 11 is 3.35. The lowest BCUT2D eigenvalue weighted by molar-refractivity contribution is -0.136. The Morgan fingerprint density at radius 1 is 1.45 bits per heavy atom. The molecule has 6 nitrogen and oxygen atoms in total. The van der Waals surface area contributed by atoms with Crippen LogP contribution in [0.4, 0.5) is 4.79 Å². The Bertz CT molecular complexity index is 612. The number of carbonyl (C=O) groups is 2. The summed E-state index contributed by atoms with van der Waals surface area (Å²) in [7, 11) is 1.27. The smallest absolute Gasteiger partial charge is 0.337 e. The lowest BCUT2D eigenvalue weighted by Gasteiger charge is -2.28. The van der Waals surface area contributed by atoms with Crippen molar-refractivity contribution in [3.63, 3.8) is 0 Å². The van der Waals surface area contributed by atoms with Crippen molar-refractivity contribution in [3.05, 3.63) is 39.5 Å². The fourth-order valence-electron chi connectivity index (χ4n) is 2.06. The Morgan fingerprint density at radius 3 is 2.80 bits per heavy atom. The van der Waals surface area contributed by atoms with Gasteiger partial charge < -0.3 is 20.5 Å². The van der Waals surface area contributed by atoms with Gasteiger partial charge in [0, 0.05) is 10.2 Å². The molecule has 0 aromatic heterocycles. The van der Waals surface area contributed by atoms with Gasteiger partial charge in [-0.2, -0.15) is 0 Å². The Hall–Kier alpha value is -2.02. The number of hydrogen-bond acceptors (Lipinski definition) is 4. The maximum atomic E-state index is 11.9. The zero-order chi connectivity index (χ0) is 14.9. The van der Waals surface area contributed by atoms with Crippen molar-refractivity contribution < 1.29 is 19.4 Å². The molecule has 2 rings (SSSR count). The largest absolute Gasteiger partial charge is 0.508 e. The van der Waals surface area contributed by atoms with E-state index in [0.717, 1.165) is 0 Å². The van der Waals surface area contributed by atoms with Gasteiger partial charge in [-0.15, -0.1) is 0 Å². The van der Waals surface area contributed by atoms with Crippen molar-refractivity contribution in [1.82, 2.24) is 10.6 Å². The summed E-state index contributed by atoms with van der Waals surface area (Å²) in [5.41, 5.74) is 1.28. The molecular weight excluding hydrogens is 328 g/mol. The van der Waals surface area contributed by atoms with Crippen molar-refractivity contribution in [2.75, 3.05) is 7.11 Å². The third-order valence-corrected chi connectivity index (χ3v) is 3.69. The molecule has 0 radical (unpaired) electrons. The first-order chi connectivity index (χ1) is 9.43. The number of aromatic hydroxyl groups is 1. The molecule has 1 heterocycles. The molecule has 0 spiro atoms. The second kappa shape index (κ2) is 5.54. The summed E-state index contributed by atoms with van der Waals surface area (Å²) < 4.78 is 5.41. The van der Waals surface area contributed by atoms with E-state index in [1.54, 1.807) is 13.0 Å². The SMILES string of the molecule is COC(=O)C1=C(C)NC(=O)N[C@H]1c1cc(O)ccc1Br. The van der Waals surface area contributed by atoms with Gasteiger partial charge in [-0.3, -0.25) is 0 Å². The molecule has 1 aliphatic rings. The summed E-state index contributed by atoms with van der Waals surface area (Å²) in [6, 6.07) is 3.51. The quantitative estimate of drug-likeness (QED) is 0.718. The van der Waals surface area contributed by atoms with Gasteiger partial charge in [-0.1, -0.05) is 15.9 Å². The summed E-state index contributed by atoms with van der Waals surface area (Å²) in [5, 5.41) is 14.8. The van der Waals surface area contributed by atoms with Crippen LogP contribution in [-0.4, -0.2) is 24.2 Å². The van der Waals surface area contributed by atoms with Crippen molar-refractivity contribution in [3.8, 4) is 5.75 Å². The molecule has 106 valence electrons. The Balaban J connectivity index is 2.56. The third kappa shape index (κ3) is 2.62. The van der Waals surface area contributed by atoms with E-state index in [9.17, 15) is 14.7 Å². The van der Waals surface area contributed by atoms with Crippen LogP contribution in [0.25, 0.3) is 0 Å². The third-order valence-electron chi connectivity index (χ3n) is 2.97. The fourth-order valence-corrected chi connectivity index (χ4v) is 2.54. The second-order valence-corrected chi connectivity index (χ2v) is 5.12. The van der Waals surface area contributed by atoms with Gasteiger partial charge in [0.25, 0.3) is 0 Å². The van der Waals surface area contributed by atoms with E-state index < -0.39 is 18.0 Å². The molecule has 1 aromatic carbocycles. The highest BCUT2D eigenvalue weighted by Crippen LogP contribution is 2.34. The van der Waals surface area contributed by atoms with Gasteiger partial charge in [0.05, 0.1) is 18.7 Å². The van der Waals surface area contributed by atoms with E-state index in [2.05, 4.69) is 26.6 Å². The van der Waals surface area contributed by atoms with Gasteiger partial charge in [-0.05, 0) is 30.7 Å². The van der Waals surface area contributed by atoms with Gasteiger partial charge in [0.15, 0.2) is 0 Å². The zero-order valence-electron chi connectivity index (χ0n) is 10.9. The molecule has 0 saturated carbocycles. The number of urea groups is 1. The molecular formula is C13H13BrN2O4. The van der Waals surface area contributed by atoms with Crippen molar-refractivity contribution in [1.29, 1.82) is 0 Å². The van der Waals surface area contributed by atoms with Crippen molar-refractivity contribution in [2.45, 2.75) is 13.0 Å². The van der Waals surface area contributed by atoms with Crippen LogP contribution in [0.3, 0.4) is 0 Å². The average molecular weight is 341 g/mol. The van der Waals surface area contributed by atoms with Crippen LogP contribution in [0.15, 0.2) is 33.9 Å². The van der Waals surface area contributed by atoms with Gasteiger partial charge in [0.2, 0.25) is 0 Å². The monoisotopic (exact) mass is 340 g/mol. The van der Waals surface area contributed by atoms with Crippen molar-refractivity contribution >= 4 is 27.9 Å². The molecule has 0 aliphatic carbocycles. The summed E-state index contributed by atoms with van der Waals surface area (Å²) in [6.45, 7) is 1.62. The minimum Gasteiger partial charge on any atom is -0.508 e. The molecule has 0 bridgehead atoms. The second-order valence-electron chi connectivity index (χ2n) is 4.27. The van der Waals surface area contributed by atoms with Gasteiger partial charge in [0.1, 0.15) is 5.75 Å². The van der Waals surface area contributed by atoms with Gasteiger partial charge in [-0.25, -0.2) is 9.59 Å². The predicted octanol–water partition coefficient (Wildman–Crippen LogP) is 1.96. The number of halogens is 1. The molecule has 20 heavy (non-hydrogen) atoms. The first kappa shape index (κ1) is 14.4. The Kier molecular flexibility index (Phi) is 3.99. The van der Waals surface area contributed by atoms with E-state index in [1.165, 1.54) is 19.2 Å². The predicted molar refractivity (Wildman–Crippen MR) is 74.9 cm³/mol. The number of hydrogen-bond donors (Lipinski definition) is 3. The minimum absolute atomic E-state index is 0.0397. The van der Waals surface area contributed by atoms with Crippen LogP contribution < -0.4 is 10.6 Å².